The lowest BCUT2D eigenvalue weighted by molar-refractivity contribution is -0.527. The van der Waals surface area contributed by atoms with Gasteiger partial charge in [-0.25, -0.2) is 0 Å². The van der Waals surface area contributed by atoms with Crippen LogP contribution in [0.2, 0.25) is 0 Å². The van der Waals surface area contributed by atoms with Crippen LogP contribution in [-0.2, 0) is 0 Å². The van der Waals surface area contributed by atoms with Gasteiger partial charge in [0, 0.05) is 17.3 Å². The van der Waals surface area contributed by atoms with E-state index in [1.807, 2.05) is 6.08 Å². The van der Waals surface area contributed by atoms with Crippen LogP contribution in [0.25, 0.3) is 0 Å². The van der Waals surface area contributed by atoms with Gasteiger partial charge in [-0.3, -0.25) is 10.1 Å². The summed E-state index contributed by atoms with van der Waals surface area (Å²) in [5.74, 6) is 0.764. The van der Waals surface area contributed by atoms with E-state index >= 15 is 0 Å². The number of fused-ring (bicyclic) bond motifs is 2. The maximum atomic E-state index is 10.4. The zero-order valence-corrected chi connectivity index (χ0v) is 5.56. The predicted molar refractivity (Wildman–Crippen MR) is 36.1 cm³/mol. The maximum absolute atomic E-state index is 10.4. The second kappa shape index (κ2) is 1.81. The van der Waals surface area contributed by atoms with Gasteiger partial charge in [0.25, 0.3) is 0 Å². The number of nitro groups is 1. The lowest BCUT2D eigenvalue weighted by Crippen LogP contribution is -2.23. The van der Waals surface area contributed by atoms with E-state index in [0.717, 1.165) is 12.8 Å². The first kappa shape index (κ1) is 5.89. The molecule has 2 aliphatic rings. The van der Waals surface area contributed by atoms with Crippen molar-refractivity contribution in [2.75, 3.05) is 0 Å². The number of rotatable bonds is 1. The third-order valence-electron chi connectivity index (χ3n) is 2.51. The Labute approximate surface area is 58.9 Å². The molecule has 2 bridgehead atoms. The molecule has 54 valence electrons. The van der Waals surface area contributed by atoms with E-state index in [-0.39, 0.29) is 16.9 Å². The number of hydrogen-bond acceptors (Lipinski definition) is 2. The minimum atomic E-state index is -0.269. The molecule has 0 N–H and O–H groups in total. The van der Waals surface area contributed by atoms with Gasteiger partial charge in [-0.2, -0.15) is 0 Å². The van der Waals surface area contributed by atoms with Crippen LogP contribution in [0.15, 0.2) is 12.2 Å². The summed E-state index contributed by atoms with van der Waals surface area (Å²) in [7, 11) is 0. The normalized spacial score (nSPS) is 42.6. The van der Waals surface area contributed by atoms with Gasteiger partial charge >= 0.3 is 0 Å². The molecule has 0 unspecified atom stereocenters. The highest BCUT2D eigenvalue weighted by Crippen LogP contribution is 2.40. The molecule has 3 atom stereocenters. The van der Waals surface area contributed by atoms with E-state index in [1.165, 1.54) is 0 Å². The van der Waals surface area contributed by atoms with E-state index in [0.29, 0.717) is 5.92 Å². The predicted octanol–water partition coefficient (Wildman–Crippen LogP) is 1.23. The summed E-state index contributed by atoms with van der Waals surface area (Å²) in [5, 5.41) is 10.4. The van der Waals surface area contributed by atoms with Crippen molar-refractivity contribution in [3.63, 3.8) is 0 Å². The van der Waals surface area contributed by atoms with Crippen LogP contribution in [0.1, 0.15) is 12.8 Å². The highest BCUT2D eigenvalue weighted by Gasteiger charge is 2.42. The molecule has 1 saturated carbocycles. The van der Waals surface area contributed by atoms with Crippen molar-refractivity contribution in [3.8, 4) is 0 Å². The molecule has 0 heterocycles. The first-order valence-corrected chi connectivity index (χ1v) is 3.59. The first-order chi connectivity index (χ1) is 4.77. The number of hydrogen-bond donors (Lipinski definition) is 0. The van der Waals surface area contributed by atoms with Crippen molar-refractivity contribution >= 4 is 0 Å². The van der Waals surface area contributed by atoms with Crippen molar-refractivity contribution in [2.45, 2.75) is 18.9 Å². The zero-order chi connectivity index (χ0) is 7.14. The summed E-state index contributed by atoms with van der Waals surface area (Å²) in [6.45, 7) is 0. The molecule has 1 fully saturated rings. The van der Waals surface area contributed by atoms with Crippen LogP contribution >= 0.6 is 0 Å². The second-order valence-corrected chi connectivity index (χ2v) is 3.13. The van der Waals surface area contributed by atoms with Crippen LogP contribution in [-0.4, -0.2) is 11.0 Å². The molecular weight excluding hydrogens is 130 g/mol. The topological polar surface area (TPSA) is 43.1 Å². The lowest BCUT2D eigenvalue weighted by Gasteiger charge is -2.08. The Balaban J connectivity index is 2.16. The Morgan fingerprint density at radius 1 is 1.40 bits per heavy atom. The van der Waals surface area contributed by atoms with Crippen LogP contribution < -0.4 is 0 Å². The van der Waals surface area contributed by atoms with Crippen LogP contribution in [0.3, 0.4) is 0 Å². The van der Waals surface area contributed by atoms with Gasteiger partial charge < -0.3 is 0 Å². The monoisotopic (exact) mass is 139 g/mol. The third-order valence-corrected chi connectivity index (χ3v) is 2.51. The van der Waals surface area contributed by atoms with Gasteiger partial charge in [0.15, 0.2) is 0 Å². The summed E-state index contributed by atoms with van der Waals surface area (Å²) >= 11 is 0. The minimum Gasteiger partial charge on any atom is -0.264 e. The molecule has 0 spiro atoms. The fourth-order valence-corrected chi connectivity index (χ4v) is 1.99. The fraction of sp³-hybridized carbons (Fsp3) is 0.714. The summed E-state index contributed by atoms with van der Waals surface area (Å²) in [6, 6.07) is -0.269. The molecule has 0 amide bonds. The quantitative estimate of drug-likeness (QED) is 0.311. The van der Waals surface area contributed by atoms with Crippen molar-refractivity contribution in [3.05, 3.63) is 22.3 Å². The molecule has 2 aliphatic carbocycles. The largest absolute Gasteiger partial charge is 0.264 e. The van der Waals surface area contributed by atoms with E-state index < -0.39 is 0 Å². The molecule has 0 saturated heterocycles. The Morgan fingerprint density at radius 2 is 2.20 bits per heavy atom. The maximum Gasteiger partial charge on any atom is 0.219 e. The second-order valence-electron chi connectivity index (χ2n) is 3.13. The zero-order valence-electron chi connectivity index (χ0n) is 5.56. The molecule has 0 aromatic heterocycles. The van der Waals surface area contributed by atoms with Crippen molar-refractivity contribution in [1.29, 1.82) is 0 Å². The van der Waals surface area contributed by atoms with E-state index in [9.17, 15) is 10.1 Å². The Bertz CT molecular complexity index is 200. The average molecular weight is 139 g/mol. The van der Waals surface area contributed by atoms with Gasteiger partial charge in [0.05, 0.1) is 0 Å². The van der Waals surface area contributed by atoms with Crippen LogP contribution in [0.5, 0.6) is 0 Å². The fourth-order valence-electron chi connectivity index (χ4n) is 1.99. The molecule has 0 aromatic carbocycles. The molecule has 0 aliphatic heterocycles. The van der Waals surface area contributed by atoms with E-state index in [4.69, 9.17) is 0 Å². The van der Waals surface area contributed by atoms with Gasteiger partial charge in [0.1, 0.15) is 0 Å². The molecule has 10 heavy (non-hydrogen) atoms. The molecule has 3 nitrogen and oxygen atoms in total. The molecule has 2 rings (SSSR count). The molecule has 3 heteroatoms. The summed E-state index contributed by atoms with van der Waals surface area (Å²) in [4.78, 5) is 10.2. The molecule has 0 aromatic rings. The van der Waals surface area contributed by atoms with Crippen molar-refractivity contribution in [1.82, 2.24) is 0 Å². The summed E-state index contributed by atoms with van der Waals surface area (Å²) < 4.78 is 0. The summed E-state index contributed by atoms with van der Waals surface area (Å²) in [6.07, 6.45) is 5.91. The van der Waals surface area contributed by atoms with E-state index in [1.54, 1.807) is 0 Å². The minimum absolute atomic E-state index is 0.131. The highest BCUT2D eigenvalue weighted by molar-refractivity contribution is 5.10. The SMILES string of the molecule is O=[N+]([O-])[C@H]1C[C@H]2C=C[C@@H]1C2. The Kier molecular flexibility index (Phi) is 1.07. The Hall–Kier alpha value is -0.860. The van der Waals surface area contributed by atoms with E-state index in [2.05, 4.69) is 6.08 Å². The van der Waals surface area contributed by atoms with Gasteiger partial charge in [-0.15, -0.1) is 0 Å². The number of allylic oxidation sites excluding steroid dienone is 1. The highest BCUT2D eigenvalue weighted by atomic mass is 16.6. The number of nitrogens with zero attached hydrogens (tertiary/aromatic N) is 1. The van der Waals surface area contributed by atoms with Gasteiger partial charge in [0.2, 0.25) is 6.04 Å². The van der Waals surface area contributed by atoms with Crippen molar-refractivity contribution < 1.29 is 4.92 Å². The summed E-state index contributed by atoms with van der Waals surface area (Å²) in [5.41, 5.74) is 0. The third kappa shape index (κ3) is 0.664. The van der Waals surface area contributed by atoms with Gasteiger partial charge in [-0.1, -0.05) is 12.2 Å². The van der Waals surface area contributed by atoms with Gasteiger partial charge in [-0.05, 0) is 12.3 Å². The van der Waals surface area contributed by atoms with Crippen LogP contribution in [0.4, 0.5) is 0 Å². The first-order valence-electron chi connectivity index (χ1n) is 3.59. The Morgan fingerprint density at radius 3 is 2.50 bits per heavy atom. The van der Waals surface area contributed by atoms with Crippen molar-refractivity contribution in [2.24, 2.45) is 11.8 Å². The lowest BCUT2D eigenvalue weighted by atomic mass is 10.0. The molecular formula is C7H9NO2. The smallest absolute Gasteiger partial charge is 0.219 e. The average Bonchev–Trinajstić information content (AvgIpc) is 2.44. The molecule has 0 radical (unpaired) electrons. The standard InChI is InChI=1S/C7H9NO2/c9-8(10)7-4-5-1-2-6(7)3-5/h1-2,5-7H,3-4H2/t5-,6+,7-/m0/s1. The van der Waals surface area contributed by atoms with Crippen LogP contribution in [0, 0.1) is 22.0 Å².